The van der Waals surface area contributed by atoms with Crippen molar-refractivity contribution in [3.63, 3.8) is 0 Å². The summed E-state index contributed by atoms with van der Waals surface area (Å²) in [4.78, 5) is 24.4. The second-order valence-electron chi connectivity index (χ2n) is 5.59. The van der Waals surface area contributed by atoms with Crippen molar-refractivity contribution in [1.82, 2.24) is 0 Å². The van der Waals surface area contributed by atoms with Crippen molar-refractivity contribution in [1.29, 1.82) is 5.26 Å². The zero-order valence-corrected chi connectivity index (χ0v) is 14.9. The van der Waals surface area contributed by atoms with Gasteiger partial charge in [-0.2, -0.15) is 5.26 Å². The fourth-order valence-corrected chi connectivity index (χ4v) is 2.26. The molecule has 5 nitrogen and oxygen atoms in total. The number of nitrogens with zero attached hydrogens (tertiary/aromatic N) is 1. The van der Waals surface area contributed by atoms with Crippen LogP contribution in [0.4, 0.5) is 4.39 Å². The Morgan fingerprint density at radius 3 is 2.33 bits per heavy atom. The highest BCUT2D eigenvalue weighted by Gasteiger charge is 2.21. The van der Waals surface area contributed by atoms with Gasteiger partial charge < -0.3 is 9.47 Å². The van der Waals surface area contributed by atoms with Crippen molar-refractivity contribution >= 4 is 17.8 Å². The summed E-state index contributed by atoms with van der Waals surface area (Å²) in [6.07, 6.45) is 0.257. The summed E-state index contributed by atoms with van der Waals surface area (Å²) in [5.74, 6) is -1.19. The maximum atomic E-state index is 12.9. The Bertz CT molecular complexity index is 880. The number of carbonyl (C=O) groups is 2. The second kappa shape index (κ2) is 9.30. The monoisotopic (exact) mass is 367 g/mol. The van der Waals surface area contributed by atoms with Crippen LogP contribution < -0.4 is 4.74 Å². The van der Waals surface area contributed by atoms with Crippen LogP contribution in [0, 0.1) is 17.1 Å². The molecule has 0 bridgehead atoms. The van der Waals surface area contributed by atoms with Gasteiger partial charge in [-0.05, 0) is 61.9 Å². The van der Waals surface area contributed by atoms with Crippen molar-refractivity contribution in [2.75, 3.05) is 6.61 Å². The van der Waals surface area contributed by atoms with Crippen LogP contribution in [0.5, 0.6) is 5.75 Å². The van der Waals surface area contributed by atoms with E-state index in [1.165, 1.54) is 25.1 Å². The molecule has 0 amide bonds. The molecule has 0 radical (unpaired) electrons. The molecule has 0 fully saturated rings. The minimum atomic E-state index is -1.11. The van der Waals surface area contributed by atoms with E-state index in [9.17, 15) is 19.2 Å². The van der Waals surface area contributed by atoms with E-state index in [1.807, 2.05) is 6.92 Å². The maximum Gasteiger partial charge on any atom is 0.349 e. The van der Waals surface area contributed by atoms with Gasteiger partial charge >= 0.3 is 5.97 Å². The smallest absolute Gasteiger partial charge is 0.349 e. The molecule has 2 rings (SSSR count). The molecule has 0 unspecified atom stereocenters. The van der Waals surface area contributed by atoms with Gasteiger partial charge in [0.15, 0.2) is 6.10 Å². The molecule has 0 aliphatic carbocycles. The molecule has 27 heavy (non-hydrogen) atoms. The van der Waals surface area contributed by atoms with Crippen LogP contribution in [-0.4, -0.2) is 24.5 Å². The SMILES string of the molecule is CCOc1ccc(/C=C(\C#N)C(=O)O[C@@H](C)C(=O)c2ccc(F)cc2)cc1. The quantitative estimate of drug-likeness (QED) is 0.321. The van der Waals surface area contributed by atoms with Gasteiger partial charge in [-0.15, -0.1) is 0 Å². The molecule has 0 aliphatic heterocycles. The average molecular weight is 367 g/mol. The molecule has 0 aromatic heterocycles. The summed E-state index contributed by atoms with van der Waals surface area (Å²) in [6, 6.07) is 13.5. The summed E-state index contributed by atoms with van der Waals surface area (Å²) in [6.45, 7) is 3.80. The van der Waals surface area contributed by atoms with Gasteiger partial charge in [0.05, 0.1) is 6.61 Å². The third-order valence-corrected chi connectivity index (χ3v) is 3.62. The van der Waals surface area contributed by atoms with Gasteiger partial charge in [0.2, 0.25) is 5.78 Å². The highest BCUT2D eigenvalue weighted by Crippen LogP contribution is 2.16. The molecule has 2 aromatic carbocycles. The summed E-state index contributed by atoms with van der Waals surface area (Å²) in [7, 11) is 0. The number of Topliss-reactive ketones (excluding diaryl/α,β-unsaturated/α-hetero) is 1. The zero-order chi connectivity index (χ0) is 19.8. The lowest BCUT2D eigenvalue weighted by molar-refractivity contribution is -0.141. The fraction of sp³-hybridized carbons (Fsp3) is 0.190. The number of hydrogen-bond acceptors (Lipinski definition) is 5. The van der Waals surface area contributed by atoms with Gasteiger partial charge in [0.1, 0.15) is 23.2 Å². The van der Waals surface area contributed by atoms with Crippen LogP contribution in [0.15, 0.2) is 54.1 Å². The van der Waals surface area contributed by atoms with Crippen molar-refractivity contribution < 1.29 is 23.5 Å². The summed E-state index contributed by atoms with van der Waals surface area (Å²) in [5.41, 5.74) is 0.591. The Labute approximate surface area is 156 Å². The average Bonchev–Trinajstić information content (AvgIpc) is 2.67. The third kappa shape index (κ3) is 5.51. The largest absolute Gasteiger partial charge is 0.494 e. The normalized spacial score (nSPS) is 12.0. The fourth-order valence-electron chi connectivity index (χ4n) is 2.26. The number of rotatable bonds is 7. The lowest BCUT2D eigenvalue weighted by atomic mass is 10.1. The first kappa shape index (κ1) is 19.9. The number of carbonyl (C=O) groups excluding carboxylic acids is 2. The first-order valence-electron chi connectivity index (χ1n) is 8.30. The van der Waals surface area contributed by atoms with Crippen LogP contribution in [0.3, 0.4) is 0 Å². The maximum absolute atomic E-state index is 12.9. The Kier molecular flexibility index (Phi) is 6.84. The minimum Gasteiger partial charge on any atom is -0.494 e. The molecule has 0 spiro atoms. The molecular weight excluding hydrogens is 349 g/mol. The highest BCUT2D eigenvalue weighted by molar-refractivity contribution is 6.03. The molecule has 0 aliphatic rings. The number of ketones is 1. The molecule has 0 saturated carbocycles. The number of nitriles is 1. The van der Waals surface area contributed by atoms with E-state index in [4.69, 9.17) is 9.47 Å². The van der Waals surface area contributed by atoms with E-state index in [0.29, 0.717) is 17.9 Å². The Balaban J connectivity index is 2.08. The summed E-state index contributed by atoms with van der Waals surface area (Å²) >= 11 is 0. The van der Waals surface area contributed by atoms with E-state index < -0.39 is 23.7 Å². The summed E-state index contributed by atoms with van der Waals surface area (Å²) < 4.78 is 23.4. The van der Waals surface area contributed by atoms with Gasteiger partial charge in [0, 0.05) is 5.56 Å². The standard InChI is InChI=1S/C21H18FNO4/c1-3-26-19-10-4-15(5-11-19)12-17(13-23)21(25)27-14(2)20(24)16-6-8-18(22)9-7-16/h4-12,14H,3H2,1-2H3/b17-12+/t14-/m0/s1. The predicted octanol–water partition coefficient (Wildman–Crippen LogP) is 3.95. The number of esters is 1. The Morgan fingerprint density at radius 1 is 1.15 bits per heavy atom. The molecule has 2 aromatic rings. The van der Waals surface area contributed by atoms with Crippen molar-refractivity contribution in [2.24, 2.45) is 0 Å². The lowest BCUT2D eigenvalue weighted by Gasteiger charge is -2.12. The zero-order valence-electron chi connectivity index (χ0n) is 14.9. The van der Waals surface area contributed by atoms with Crippen LogP contribution in [0.25, 0.3) is 6.08 Å². The van der Waals surface area contributed by atoms with Crippen molar-refractivity contribution in [2.45, 2.75) is 20.0 Å². The van der Waals surface area contributed by atoms with Gasteiger partial charge in [-0.1, -0.05) is 12.1 Å². The van der Waals surface area contributed by atoms with Gasteiger partial charge in [-0.25, -0.2) is 9.18 Å². The molecular formula is C21H18FNO4. The van der Waals surface area contributed by atoms with Crippen LogP contribution >= 0.6 is 0 Å². The predicted molar refractivity (Wildman–Crippen MR) is 97.5 cm³/mol. The third-order valence-electron chi connectivity index (χ3n) is 3.62. The molecule has 0 saturated heterocycles. The highest BCUT2D eigenvalue weighted by atomic mass is 19.1. The van der Waals surface area contributed by atoms with E-state index in [0.717, 1.165) is 12.1 Å². The molecule has 1 atom stereocenters. The van der Waals surface area contributed by atoms with Crippen molar-refractivity contribution in [3.05, 3.63) is 71.0 Å². The van der Waals surface area contributed by atoms with Gasteiger partial charge in [0.25, 0.3) is 0 Å². The number of hydrogen-bond donors (Lipinski definition) is 0. The van der Waals surface area contributed by atoms with Crippen molar-refractivity contribution in [3.8, 4) is 11.8 Å². The van der Waals surface area contributed by atoms with Crippen LogP contribution in [-0.2, 0) is 9.53 Å². The van der Waals surface area contributed by atoms with Crippen LogP contribution in [0.1, 0.15) is 29.8 Å². The van der Waals surface area contributed by atoms with E-state index in [-0.39, 0.29) is 11.1 Å². The minimum absolute atomic E-state index is 0.214. The topological polar surface area (TPSA) is 76.4 Å². The molecule has 0 heterocycles. The first-order chi connectivity index (χ1) is 12.9. The van der Waals surface area contributed by atoms with E-state index >= 15 is 0 Å². The molecule has 0 N–H and O–H groups in total. The molecule has 138 valence electrons. The number of halogens is 1. The summed E-state index contributed by atoms with van der Waals surface area (Å²) in [5, 5.41) is 9.23. The van der Waals surface area contributed by atoms with Crippen LogP contribution in [0.2, 0.25) is 0 Å². The number of ether oxygens (including phenoxy) is 2. The Morgan fingerprint density at radius 2 is 1.78 bits per heavy atom. The second-order valence-corrected chi connectivity index (χ2v) is 5.59. The number of benzene rings is 2. The van der Waals surface area contributed by atoms with E-state index in [2.05, 4.69) is 0 Å². The van der Waals surface area contributed by atoms with Gasteiger partial charge in [-0.3, -0.25) is 4.79 Å². The first-order valence-corrected chi connectivity index (χ1v) is 8.30. The molecule has 6 heteroatoms. The Hall–Kier alpha value is -3.46. The lowest BCUT2D eigenvalue weighted by Crippen LogP contribution is -2.25. The van der Waals surface area contributed by atoms with E-state index in [1.54, 1.807) is 30.3 Å².